The maximum absolute atomic E-state index is 9.15. The van der Waals surface area contributed by atoms with Gasteiger partial charge in [-0.25, -0.2) is 0 Å². The monoisotopic (exact) mass is 253 g/mol. The molecule has 6 heteroatoms. The highest BCUT2D eigenvalue weighted by atomic mass is 35.5. The number of aromatic nitrogens is 3. The van der Waals surface area contributed by atoms with E-state index in [1.807, 2.05) is 0 Å². The average Bonchev–Trinajstić information content (AvgIpc) is 2.76. The Morgan fingerprint density at radius 1 is 1.47 bits per heavy atom. The molecule has 1 unspecified atom stereocenters. The van der Waals surface area contributed by atoms with Crippen LogP contribution in [0.3, 0.4) is 0 Å². The quantitative estimate of drug-likeness (QED) is 0.903. The number of hydrogen-bond acceptors (Lipinski definition) is 5. The van der Waals surface area contributed by atoms with Crippen molar-refractivity contribution in [2.24, 2.45) is 0 Å². The highest BCUT2D eigenvalue weighted by Gasteiger charge is 2.10. The van der Waals surface area contributed by atoms with Crippen LogP contribution < -0.4 is 0 Å². The molecule has 0 saturated heterocycles. The van der Waals surface area contributed by atoms with Gasteiger partial charge in [-0.2, -0.15) is 4.98 Å². The minimum atomic E-state index is -0.376. The van der Waals surface area contributed by atoms with Crippen molar-refractivity contribution in [1.82, 2.24) is 15.1 Å². The van der Waals surface area contributed by atoms with Crippen LogP contribution in [0, 0.1) is 0 Å². The molecule has 2 aromatic rings. The lowest BCUT2D eigenvalue weighted by atomic mass is 10.2. The summed E-state index contributed by atoms with van der Waals surface area (Å²) in [7, 11) is 0. The molecule has 90 valence electrons. The minimum Gasteiger partial charge on any atom is -0.393 e. The number of aliphatic hydroxyl groups excluding tert-OH is 1. The zero-order chi connectivity index (χ0) is 12.3. The van der Waals surface area contributed by atoms with E-state index in [1.165, 1.54) is 6.20 Å². The van der Waals surface area contributed by atoms with Crippen LogP contribution in [0.15, 0.2) is 22.9 Å². The smallest absolute Gasteiger partial charge is 0.227 e. The maximum Gasteiger partial charge on any atom is 0.227 e. The largest absolute Gasteiger partial charge is 0.393 e. The molecular weight excluding hydrogens is 242 g/mol. The van der Waals surface area contributed by atoms with Gasteiger partial charge in [0.15, 0.2) is 0 Å². The van der Waals surface area contributed by atoms with Gasteiger partial charge in [0.25, 0.3) is 0 Å². The van der Waals surface area contributed by atoms with E-state index in [9.17, 15) is 0 Å². The first-order valence-electron chi connectivity index (χ1n) is 5.28. The van der Waals surface area contributed by atoms with Crippen LogP contribution in [0.1, 0.15) is 19.2 Å². The fourth-order valence-corrected chi connectivity index (χ4v) is 1.41. The molecule has 0 aliphatic carbocycles. The van der Waals surface area contributed by atoms with Gasteiger partial charge in [0.1, 0.15) is 5.69 Å². The van der Waals surface area contributed by atoms with Crippen molar-refractivity contribution in [2.45, 2.75) is 25.9 Å². The zero-order valence-corrected chi connectivity index (χ0v) is 10.1. The molecule has 0 aliphatic rings. The van der Waals surface area contributed by atoms with Gasteiger partial charge in [-0.3, -0.25) is 4.98 Å². The van der Waals surface area contributed by atoms with E-state index in [-0.39, 0.29) is 6.10 Å². The van der Waals surface area contributed by atoms with E-state index in [1.54, 1.807) is 19.1 Å². The summed E-state index contributed by atoms with van der Waals surface area (Å²) in [4.78, 5) is 8.28. The summed E-state index contributed by atoms with van der Waals surface area (Å²) in [6.07, 6.45) is 2.30. The Balaban J connectivity index is 2.10. The Bertz CT molecular complexity index is 482. The third-order valence-electron chi connectivity index (χ3n) is 2.20. The Kier molecular flexibility index (Phi) is 3.71. The summed E-state index contributed by atoms with van der Waals surface area (Å²) >= 11 is 5.73. The lowest BCUT2D eigenvalue weighted by Crippen LogP contribution is -2.01. The Morgan fingerprint density at radius 3 is 2.94 bits per heavy atom. The van der Waals surface area contributed by atoms with E-state index >= 15 is 0 Å². The molecule has 0 aromatic carbocycles. The van der Waals surface area contributed by atoms with Gasteiger partial charge < -0.3 is 9.63 Å². The highest BCUT2D eigenvalue weighted by molar-refractivity contribution is 6.30. The van der Waals surface area contributed by atoms with Gasteiger partial charge in [0.05, 0.1) is 11.1 Å². The number of halogens is 1. The van der Waals surface area contributed by atoms with E-state index < -0.39 is 0 Å². The SMILES string of the molecule is CC(O)CCc1nc(-c2ccc(Cl)cn2)no1. The molecule has 2 rings (SSSR count). The fourth-order valence-electron chi connectivity index (χ4n) is 1.30. The van der Waals surface area contributed by atoms with E-state index in [4.69, 9.17) is 21.2 Å². The zero-order valence-electron chi connectivity index (χ0n) is 9.30. The Labute approximate surface area is 103 Å². The fraction of sp³-hybridized carbons (Fsp3) is 0.364. The van der Waals surface area contributed by atoms with Crippen molar-refractivity contribution in [2.75, 3.05) is 0 Å². The average molecular weight is 254 g/mol. The lowest BCUT2D eigenvalue weighted by molar-refractivity contribution is 0.180. The van der Waals surface area contributed by atoms with Gasteiger partial charge in [0.2, 0.25) is 11.7 Å². The van der Waals surface area contributed by atoms with Gasteiger partial charge in [-0.1, -0.05) is 16.8 Å². The Hall–Kier alpha value is -1.46. The summed E-state index contributed by atoms with van der Waals surface area (Å²) in [6.45, 7) is 1.72. The molecule has 5 nitrogen and oxygen atoms in total. The molecule has 1 N–H and O–H groups in total. The summed E-state index contributed by atoms with van der Waals surface area (Å²) in [5, 5.41) is 13.5. The predicted octanol–water partition coefficient (Wildman–Crippen LogP) is 2.10. The van der Waals surface area contributed by atoms with E-state index in [0.717, 1.165) is 0 Å². The Morgan fingerprint density at radius 2 is 2.29 bits per heavy atom. The van der Waals surface area contributed by atoms with Crippen molar-refractivity contribution in [3.63, 3.8) is 0 Å². The molecule has 2 aromatic heterocycles. The molecular formula is C11H12ClN3O2. The summed E-state index contributed by atoms with van der Waals surface area (Å²) in [5.41, 5.74) is 0.612. The second-order valence-corrected chi connectivity index (χ2v) is 4.20. The molecule has 0 aliphatic heterocycles. The van der Waals surface area contributed by atoms with Crippen LogP contribution in [-0.2, 0) is 6.42 Å². The molecule has 0 fully saturated rings. The van der Waals surface area contributed by atoms with Crippen LogP contribution in [0.25, 0.3) is 11.5 Å². The highest BCUT2D eigenvalue weighted by Crippen LogP contribution is 2.16. The lowest BCUT2D eigenvalue weighted by Gasteiger charge is -1.98. The molecule has 1 atom stereocenters. The number of aliphatic hydroxyl groups is 1. The van der Waals surface area contributed by atoms with Crippen molar-refractivity contribution in [1.29, 1.82) is 0 Å². The number of aryl methyl sites for hydroxylation is 1. The van der Waals surface area contributed by atoms with E-state index in [0.29, 0.717) is 35.3 Å². The molecule has 17 heavy (non-hydrogen) atoms. The first kappa shape index (κ1) is 12.0. The van der Waals surface area contributed by atoms with Crippen molar-refractivity contribution in [3.8, 4) is 11.5 Å². The molecule has 0 spiro atoms. The first-order chi connectivity index (χ1) is 8.15. The second kappa shape index (κ2) is 5.25. The predicted molar refractivity (Wildman–Crippen MR) is 62.5 cm³/mol. The van der Waals surface area contributed by atoms with Crippen LogP contribution in [0.4, 0.5) is 0 Å². The van der Waals surface area contributed by atoms with Crippen LogP contribution in [0.2, 0.25) is 5.02 Å². The number of nitrogens with zero attached hydrogens (tertiary/aromatic N) is 3. The van der Waals surface area contributed by atoms with Crippen molar-refractivity contribution < 1.29 is 9.63 Å². The van der Waals surface area contributed by atoms with Gasteiger partial charge in [-0.05, 0) is 25.5 Å². The number of rotatable bonds is 4. The summed E-state index contributed by atoms with van der Waals surface area (Å²) < 4.78 is 5.05. The third-order valence-corrected chi connectivity index (χ3v) is 2.42. The first-order valence-corrected chi connectivity index (χ1v) is 5.65. The second-order valence-electron chi connectivity index (χ2n) is 3.76. The summed E-state index contributed by atoms with van der Waals surface area (Å²) in [6, 6.07) is 3.45. The summed E-state index contributed by atoms with van der Waals surface area (Å²) in [5.74, 6) is 0.930. The molecule has 0 bridgehead atoms. The molecule has 0 radical (unpaired) electrons. The number of pyridine rings is 1. The normalized spacial score (nSPS) is 12.6. The minimum absolute atomic E-state index is 0.376. The molecule has 0 amide bonds. The maximum atomic E-state index is 9.15. The van der Waals surface area contributed by atoms with Crippen LogP contribution in [0.5, 0.6) is 0 Å². The number of hydrogen-bond donors (Lipinski definition) is 1. The van der Waals surface area contributed by atoms with Gasteiger partial charge in [0, 0.05) is 12.6 Å². The van der Waals surface area contributed by atoms with Gasteiger partial charge >= 0.3 is 0 Å². The van der Waals surface area contributed by atoms with Crippen molar-refractivity contribution in [3.05, 3.63) is 29.2 Å². The van der Waals surface area contributed by atoms with Crippen molar-refractivity contribution >= 4 is 11.6 Å². The topological polar surface area (TPSA) is 72.0 Å². The van der Waals surface area contributed by atoms with Crippen LogP contribution >= 0.6 is 11.6 Å². The standard InChI is InChI=1S/C11H12ClN3O2/c1-7(16)2-5-10-14-11(15-17-10)9-4-3-8(12)6-13-9/h3-4,6-7,16H,2,5H2,1H3. The van der Waals surface area contributed by atoms with Gasteiger partial charge in [-0.15, -0.1) is 0 Å². The molecule has 2 heterocycles. The van der Waals surface area contributed by atoms with E-state index in [2.05, 4.69) is 15.1 Å². The van der Waals surface area contributed by atoms with Crippen LogP contribution in [-0.4, -0.2) is 26.3 Å². The third kappa shape index (κ3) is 3.25. The molecule has 0 saturated carbocycles.